The van der Waals surface area contributed by atoms with Gasteiger partial charge in [-0.15, -0.1) is 24.0 Å². The van der Waals surface area contributed by atoms with Gasteiger partial charge in [0.1, 0.15) is 0 Å². The van der Waals surface area contributed by atoms with Gasteiger partial charge in [-0.1, -0.05) is 6.07 Å². The highest BCUT2D eigenvalue weighted by molar-refractivity contribution is 14.0. The number of guanidine groups is 1. The molecule has 1 unspecified atom stereocenters. The first-order valence-corrected chi connectivity index (χ1v) is 10.2. The summed E-state index contributed by atoms with van der Waals surface area (Å²) < 4.78 is 7.41. The molecule has 2 aromatic heterocycles. The molecule has 3 rings (SSSR count). The molecule has 8 nitrogen and oxygen atoms in total. The van der Waals surface area contributed by atoms with Gasteiger partial charge in [0.05, 0.1) is 18.8 Å². The van der Waals surface area contributed by atoms with Crippen LogP contribution in [0.1, 0.15) is 36.7 Å². The summed E-state index contributed by atoms with van der Waals surface area (Å²) >= 11 is 0. The van der Waals surface area contributed by atoms with Crippen molar-refractivity contribution in [2.45, 2.75) is 40.2 Å². The average molecular weight is 528 g/mol. The summed E-state index contributed by atoms with van der Waals surface area (Å²) in [6.07, 6.45) is 3.53. The zero-order valence-electron chi connectivity index (χ0n) is 18.0. The number of hydrogen-bond donors (Lipinski definition) is 3. The number of halogens is 1. The van der Waals surface area contributed by atoms with E-state index < -0.39 is 0 Å². The Morgan fingerprint density at radius 2 is 2.17 bits per heavy atom. The Hall–Kier alpha value is -1.72. The molecule has 3 heterocycles. The lowest BCUT2D eigenvalue weighted by atomic mass is 9.84. The van der Waals surface area contributed by atoms with E-state index in [2.05, 4.69) is 25.7 Å². The molecule has 9 heteroatoms. The van der Waals surface area contributed by atoms with Crippen molar-refractivity contribution >= 4 is 29.9 Å². The number of aliphatic imine (C=N–C) groups is 1. The second-order valence-corrected chi connectivity index (χ2v) is 7.69. The van der Waals surface area contributed by atoms with Crippen LogP contribution >= 0.6 is 24.0 Å². The Balaban J connectivity index is 0.00000320. The molecule has 30 heavy (non-hydrogen) atoms. The van der Waals surface area contributed by atoms with E-state index in [4.69, 9.17) is 4.74 Å². The zero-order chi connectivity index (χ0) is 20.7. The summed E-state index contributed by atoms with van der Waals surface area (Å²) in [5.41, 5.74) is 3.05. The second-order valence-electron chi connectivity index (χ2n) is 7.69. The summed E-state index contributed by atoms with van der Waals surface area (Å²) in [6, 6.07) is 6.04. The molecule has 3 N–H and O–H groups in total. The highest BCUT2D eigenvalue weighted by Crippen LogP contribution is 2.31. The lowest BCUT2D eigenvalue weighted by Gasteiger charge is -2.27. The fraction of sp³-hybridized carbons (Fsp3) is 0.571. The van der Waals surface area contributed by atoms with Crippen LogP contribution in [0.15, 0.2) is 29.4 Å². The molecule has 166 valence electrons. The topological polar surface area (TPSA) is 96.6 Å². The van der Waals surface area contributed by atoms with Crippen LogP contribution in [0.2, 0.25) is 0 Å². The van der Waals surface area contributed by atoms with Gasteiger partial charge in [0, 0.05) is 43.6 Å². The first kappa shape index (κ1) is 24.5. The molecule has 0 radical (unpaired) electrons. The Bertz CT molecular complexity index is 815. The Morgan fingerprint density at radius 3 is 2.73 bits per heavy atom. The van der Waals surface area contributed by atoms with Gasteiger partial charge in [0.15, 0.2) is 11.8 Å². The van der Waals surface area contributed by atoms with Crippen LogP contribution in [0, 0.1) is 19.3 Å². The number of aliphatic hydroxyl groups excluding tert-OH is 1. The van der Waals surface area contributed by atoms with Gasteiger partial charge >= 0.3 is 0 Å². The Kier molecular flexibility index (Phi) is 9.50. The van der Waals surface area contributed by atoms with Crippen molar-refractivity contribution in [1.82, 2.24) is 25.4 Å². The van der Waals surface area contributed by atoms with Gasteiger partial charge in [-0.25, -0.2) is 14.7 Å². The van der Waals surface area contributed by atoms with Crippen LogP contribution in [0.4, 0.5) is 0 Å². The molecule has 1 aliphatic rings. The minimum atomic E-state index is -0.0199. The molecule has 0 bridgehead atoms. The number of rotatable bonds is 8. The third kappa shape index (κ3) is 6.39. The molecule has 1 atom stereocenters. The maximum atomic E-state index is 9.39. The van der Waals surface area contributed by atoms with Crippen molar-refractivity contribution in [3.05, 3.63) is 41.3 Å². The lowest BCUT2D eigenvalue weighted by molar-refractivity contribution is 0.127. The van der Waals surface area contributed by atoms with Crippen molar-refractivity contribution in [1.29, 1.82) is 0 Å². The molecular formula is C21H33IN6O2. The summed E-state index contributed by atoms with van der Waals surface area (Å²) in [6.45, 7) is 9.69. The summed E-state index contributed by atoms with van der Waals surface area (Å²) in [7, 11) is 0. The fourth-order valence-corrected chi connectivity index (χ4v) is 3.59. The molecule has 0 aromatic carbocycles. The van der Waals surface area contributed by atoms with E-state index in [-0.39, 0.29) is 36.0 Å². The number of hydrogen-bond acceptors (Lipinski definition) is 5. The molecular weight excluding hydrogens is 495 g/mol. The van der Waals surface area contributed by atoms with Crippen molar-refractivity contribution in [3.63, 3.8) is 0 Å². The van der Waals surface area contributed by atoms with Crippen molar-refractivity contribution < 1.29 is 9.84 Å². The van der Waals surface area contributed by atoms with Crippen LogP contribution < -0.4 is 10.6 Å². The van der Waals surface area contributed by atoms with E-state index in [9.17, 15) is 5.11 Å². The normalized spacial score (nSPS) is 18.9. The largest absolute Gasteiger partial charge is 0.396 e. The Labute approximate surface area is 195 Å². The second kappa shape index (κ2) is 11.6. The summed E-state index contributed by atoms with van der Waals surface area (Å²) in [5.74, 6) is 1.57. The maximum Gasteiger partial charge on any atom is 0.191 e. The van der Waals surface area contributed by atoms with E-state index in [1.54, 1.807) is 0 Å². The molecule has 2 aromatic rings. The fourth-order valence-electron chi connectivity index (χ4n) is 3.59. The van der Waals surface area contributed by atoms with E-state index in [1.807, 2.05) is 49.8 Å². The quantitative estimate of drug-likeness (QED) is 0.277. The van der Waals surface area contributed by atoms with Crippen LogP contribution in [0.3, 0.4) is 0 Å². The lowest BCUT2D eigenvalue weighted by Crippen LogP contribution is -2.44. The average Bonchev–Trinajstić information content (AvgIpc) is 3.31. The van der Waals surface area contributed by atoms with Gasteiger partial charge < -0.3 is 20.5 Å². The number of pyridine rings is 1. The zero-order valence-corrected chi connectivity index (χ0v) is 20.3. The maximum absolute atomic E-state index is 9.39. The molecule has 1 saturated heterocycles. The third-order valence-electron chi connectivity index (χ3n) is 5.26. The number of nitrogens with zero attached hydrogens (tertiary/aromatic N) is 4. The minimum absolute atomic E-state index is 0. The van der Waals surface area contributed by atoms with Crippen molar-refractivity contribution in [2.75, 3.05) is 32.9 Å². The van der Waals surface area contributed by atoms with Gasteiger partial charge in [0.25, 0.3) is 0 Å². The van der Waals surface area contributed by atoms with Gasteiger partial charge in [0.2, 0.25) is 0 Å². The smallest absolute Gasteiger partial charge is 0.191 e. The predicted octanol–water partition coefficient (Wildman–Crippen LogP) is 2.35. The van der Waals surface area contributed by atoms with E-state index in [0.717, 1.165) is 61.3 Å². The van der Waals surface area contributed by atoms with Gasteiger partial charge in [-0.05, 0) is 51.3 Å². The third-order valence-corrected chi connectivity index (χ3v) is 5.26. The van der Waals surface area contributed by atoms with Crippen LogP contribution in [0.5, 0.6) is 0 Å². The number of aromatic nitrogens is 3. The molecule has 1 fully saturated rings. The van der Waals surface area contributed by atoms with Crippen LogP contribution in [0.25, 0.3) is 5.82 Å². The SMILES string of the molecule is CCNC(=NCc1ccc(-n2nc(C)cc2C)nc1)NCC1(CCO)CCOC1.I. The molecule has 0 amide bonds. The van der Waals surface area contributed by atoms with Gasteiger partial charge in [-0.2, -0.15) is 5.10 Å². The monoisotopic (exact) mass is 528 g/mol. The highest BCUT2D eigenvalue weighted by Gasteiger charge is 2.34. The number of ether oxygens (including phenoxy) is 1. The molecule has 1 aliphatic heterocycles. The van der Waals surface area contributed by atoms with Gasteiger partial charge in [-0.3, -0.25) is 0 Å². The Morgan fingerprint density at radius 1 is 1.33 bits per heavy atom. The van der Waals surface area contributed by atoms with Crippen molar-refractivity contribution in [3.8, 4) is 5.82 Å². The number of aryl methyl sites for hydroxylation is 2. The standard InChI is InChI=1S/C21H32N6O2.HI/c1-4-22-20(25-14-21(7-9-28)8-10-29-15-21)24-13-18-5-6-19(23-12-18)27-17(3)11-16(2)26-27;/h5-6,11-12,28H,4,7-10,13-15H2,1-3H3,(H2,22,24,25);1H. The van der Waals surface area contributed by atoms with E-state index in [1.165, 1.54) is 0 Å². The summed E-state index contributed by atoms with van der Waals surface area (Å²) in [5, 5.41) is 20.6. The first-order chi connectivity index (χ1) is 14.0. The van der Waals surface area contributed by atoms with Crippen molar-refractivity contribution in [2.24, 2.45) is 10.4 Å². The van der Waals surface area contributed by atoms with E-state index in [0.29, 0.717) is 13.2 Å². The molecule has 0 aliphatic carbocycles. The molecule has 0 spiro atoms. The highest BCUT2D eigenvalue weighted by atomic mass is 127. The van der Waals surface area contributed by atoms with E-state index >= 15 is 0 Å². The summed E-state index contributed by atoms with van der Waals surface area (Å²) in [4.78, 5) is 9.23. The first-order valence-electron chi connectivity index (χ1n) is 10.2. The molecule has 0 saturated carbocycles. The van der Waals surface area contributed by atoms with Crippen LogP contribution in [-0.2, 0) is 11.3 Å². The number of aliphatic hydroxyl groups is 1. The minimum Gasteiger partial charge on any atom is -0.396 e. The predicted molar refractivity (Wildman–Crippen MR) is 129 cm³/mol. The van der Waals surface area contributed by atoms with Crippen LogP contribution in [-0.4, -0.2) is 58.7 Å². The number of nitrogens with one attached hydrogen (secondary N) is 2.